The van der Waals surface area contributed by atoms with Gasteiger partial charge >= 0.3 is 0 Å². The first-order valence-electron chi connectivity index (χ1n) is 8.65. The first-order chi connectivity index (χ1) is 12.6. The minimum absolute atomic E-state index is 0.0204. The molecule has 2 amide bonds. The second-order valence-electron chi connectivity index (χ2n) is 6.21. The van der Waals surface area contributed by atoms with Gasteiger partial charge in [-0.2, -0.15) is 0 Å². The van der Waals surface area contributed by atoms with Crippen molar-refractivity contribution in [2.75, 3.05) is 6.54 Å². The van der Waals surface area contributed by atoms with Crippen molar-refractivity contribution < 1.29 is 9.59 Å². The highest BCUT2D eigenvalue weighted by Gasteiger charge is 2.21. The van der Waals surface area contributed by atoms with E-state index in [9.17, 15) is 9.59 Å². The molecule has 0 saturated carbocycles. The number of carbonyl (C=O) groups excluding carboxylic acids is 2. The van der Waals surface area contributed by atoms with Gasteiger partial charge in [0.05, 0.1) is 12.6 Å². The predicted octanol–water partition coefficient (Wildman–Crippen LogP) is 2.48. The monoisotopic (exact) mass is 367 g/mol. The summed E-state index contributed by atoms with van der Waals surface area (Å²) in [5.74, 6) is -0.451. The van der Waals surface area contributed by atoms with E-state index in [-0.39, 0.29) is 29.5 Å². The number of carbonyl (C=O) groups is 2. The molecule has 1 atom stereocenters. The Morgan fingerprint density at radius 1 is 1.04 bits per heavy atom. The molecule has 2 aromatic carbocycles. The minimum Gasteiger partial charge on any atom is -0.353 e. The van der Waals surface area contributed by atoms with Crippen LogP contribution >= 0.6 is 12.2 Å². The number of rotatable bonds is 4. The van der Waals surface area contributed by atoms with Crippen molar-refractivity contribution >= 4 is 29.1 Å². The summed E-state index contributed by atoms with van der Waals surface area (Å²) >= 11 is 5.09. The van der Waals surface area contributed by atoms with E-state index in [4.69, 9.17) is 12.2 Å². The van der Waals surface area contributed by atoms with E-state index in [1.54, 1.807) is 24.3 Å². The van der Waals surface area contributed by atoms with Gasteiger partial charge in [-0.05, 0) is 54.7 Å². The molecule has 1 aliphatic carbocycles. The number of amides is 2. The van der Waals surface area contributed by atoms with Gasteiger partial charge in [0.15, 0.2) is 5.11 Å². The molecule has 0 saturated heterocycles. The average Bonchev–Trinajstić information content (AvgIpc) is 2.67. The predicted molar refractivity (Wildman–Crippen MR) is 105 cm³/mol. The Labute approximate surface area is 158 Å². The van der Waals surface area contributed by atoms with Crippen molar-refractivity contribution in [3.05, 3.63) is 71.3 Å². The molecular weight excluding hydrogens is 346 g/mol. The van der Waals surface area contributed by atoms with E-state index in [2.05, 4.69) is 28.1 Å². The van der Waals surface area contributed by atoms with Crippen molar-refractivity contribution in [3.8, 4) is 0 Å². The molecule has 0 aromatic heterocycles. The molecular formula is C20H21N3O2S. The van der Waals surface area contributed by atoms with Gasteiger partial charge in [-0.3, -0.25) is 14.9 Å². The van der Waals surface area contributed by atoms with E-state index in [0.29, 0.717) is 5.56 Å². The van der Waals surface area contributed by atoms with Gasteiger partial charge in [0.25, 0.3) is 5.91 Å². The van der Waals surface area contributed by atoms with Gasteiger partial charge in [-0.1, -0.05) is 42.5 Å². The topological polar surface area (TPSA) is 70.2 Å². The fourth-order valence-electron chi connectivity index (χ4n) is 3.12. The molecule has 3 N–H and O–H groups in total. The summed E-state index contributed by atoms with van der Waals surface area (Å²) in [6.07, 6.45) is 3.04. The van der Waals surface area contributed by atoms with Crippen LogP contribution in [-0.4, -0.2) is 23.5 Å². The summed E-state index contributed by atoms with van der Waals surface area (Å²) in [6.45, 7) is 0.0204. The number of nitrogens with one attached hydrogen (secondary N) is 3. The Bertz CT molecular complexity index is 808. The normalized spacial score (nSPS) is 15.5. The van der Waals surface area contributed by atoms with Gasteiger partial charge in [0.2, 0.25) is 5.91 Å². The molecule has 0 fully saturated rings. The summed E-state index contributed by atoms with van der Waals surface area (Å²) in [6, 6.07) is 17.0. The highest BCUT2D eigenvalue weighted by Crippen LogP contribution is 2.29. The Hall–Kier alpha value is -2.73. The Kier molecular flexibility index (Phi) is 5.96. The summed E-state index contributed by atoms with van der Waals surface area (Å²) in [4.78, 5) is 24.3. The van der Waals surface area contributed by atoms with Crippen LogP contribution in [0, 0.1) is 0 Å². The number of hydrogen-bond donors (Lipinski definition) is 3. The van der Waals surface area contributed by atoms with E-state index in [1.165, 1.54) is 11.1 Å². The maximum atomic E-state index is 12.2. The molecule has 0 aliphatic heterocycles. The second kappa shape index (κ2) is 8.58. The zero-order chi connectivity index (χ0) is 18.4. The summed E-state index contributed by atoms with van der Waals surface area (Å²) < 4.78 is 0. The van der Waals surface area contributed by atoms with Crippen LogP contribution in [0.25, 0.3) is 0 Å². The fraction of sp³-hybridized carbons (Fsp3) is 0.250. The Balaban J connectivity index is 1.47. The molecule has 5 nitrogen and oxygen atoms in total. The van der Waals surface area contributed by atoms with Gasteiger partial charge in [0.1, 0.15) is 0 Å². The number of fused-ring (bicyclic) bond motifs is 1. The van der Waals surface area contributed by atoms with E-state index < -0.39 is 0 Å². The minimum atomic E-state index is -0.301. The molecule has 2 aromatic rings. The van der Waals surface area contributed by atoms with Crippen LogP contribution in [0.15, 0.2) is 54.6 Å². The van der Waals surface area contributed by atoms with Gasteiger partial charge in [-0.25, -0.2) is 0 Å². The van der Waals surface area contributed by atoms with Gasteiger partial charge < -0.3 is 10.6 Å². The zero-order valence-electron chi connectivity index (χ0n) is 14.3. The first-order valence-corrected chi connectivity index (χ1v) is 9.05. The quantitative estimate of drug-likeness (QED) is 0.726. The molecule has 0 unspecified atom stereocenters. The van der Waals surface area contributed by atoms with Crippen molar-refractivity contribution in [1.82, 2.24) is 16.0 Å². The average molecular weight is 367 g/mol. The molecule has 0 heterocycles. The largest absolute Gasteiger partial charge is 0.353 e. The van der Waals surface area contributed by atoms with Crippen molar-refractivity contribution in [1.29, 1.82) is 0 Å². The van der Waals surface area contributed by atoms with Crippen LogP contribution < -0.4 is 16.0 Å². The third kappa shape index (κ3) is 4.67. The molecule has 0 radical (unpaired) electrons. The third-order valence-corrected chi connectivity index (χ3v) is 4.62. The number of benzene rings is 2. The van der Waals surface area contributed by atoms with Crippen LogP contribution in [-0.2, 0) is 11.2 Å². The molecule has 26 heavy (non-hydrogen) atoms. The van der Waals surface area contributed by atoms with Crippen molar-refractivity contribution in [2.24, 2.45) is 0 Å². The standard InChI is InChI=1S/C20H21N3O2S/c24-18(22-17-12-6-10-14-7-4-5-11-16(14)17)13-21-20(26)23-19(25)15-8-2-1-3-9-15/h1-5,7-9,11,17H,6,10,12-13H2,(H,22,24)(H2,21,23,25,26)/t17-/m1/s1. The van der Waals surface area contributed by atoms with E-state index >= 15 is 0 Å². The maximum Gasteiger partial charge on any atom is 0.257 e. The van der Waals surface area contributed by atoms with Gasteiger partial charge in [0, 0.05) is 5.56 Å². The number of aryl methyl sites for hydroxylation is 1. The molecule has 6 heteroatoms. The van der Waals surface area contributed by atoms with E-state index in [0.717, 1.165) is 19.3 Å². The molecule has 3 rings (SSSR count). The second-order valence-corrected chi connectivity index (χ2v) is 6.62. The van der Waals surface area contributed by atoms with Crippen molar-refractivity contribution in [3.63, 3.8) is 0 Å². The van der Waals surface area contributed by atoms with Crippen LogP contribution in [0.2, 0.25) is 0 Å². The van der Waals surface area contributed by atoms with E-state index in [1.807, 2.05) is 18.2 Å². The third-order valence-electron chi connectivity index (χ3n) is 4.38. The smallest absolute Gasteiger partial charge is 0.257 e. The Morgan fingerprint density at radius 2 is 1.77 bits per heavy atom. The molecule has 0 bridgehead atoms. The lowest BCUT2D eigenvalue weighted by Gasteiger charge is -2.26. The summed E-state index contributed by atoms with van der Waals surface area (Å²) in [7, 11) is 0. The lowest BCUT2D eigenvalue weighted by atomic mass is 9.88. The Morgan fingerprint density at radius 3 is 2.58 bits per heavy atom. The summed E-state index contributed by atoms with van der Waals surface area (Å²) in [5.41, 5.74) is 3.00. The summed E-state index contributed by atoms with van der Waals surface area (Å²) in [5, 5.41) is 8.54. The number of hydrogen-bond acceptors (Lipinski definition) is 3. The number of thiocarbonyl (C=S) groups is 1. The van der Waals surface area contributed by atoms with Crippen LogP contribution in [0.5, 0.6) is 0 Å². The fourth-order valence-corrected chi connectivity index (χ4v) is 3.28. The molecule has 134 valence electrons. The van der Waals surface area contributed by atoms with Crippen LogP contribution in [0.3, 0.4) is 0 Å². The SMILES string of the molecule is O=C(CNC(=S)NC(=O)c1ccccc1)N[C@@H]1CCCc2ccccc21. The first kappa shape index (κ1) is 18.1. The van der Waals surface area contributed by atoms with Crippen LogP contribution in [0.4, 0.5) is 0 Å². The maximum absolute atomic E-state index is 12.2. The van der Waals surface area contributed by atoms with Crippen molar-refractivity contribution in [2.45, 2.75) is 25.3 Å². The zero-order valence-corrected chi connectivity index (χ0v) is 15.1. The van der Waals surface area contributed by atoms with Gasteiger partial charge in [-0.15, -0.1) is 0 Å². The molecule has 0 spiro atoms. The van der Waals surface area contributed by atoms with Crippen LogP contribution in [0.1, 0.15) is 40.4 Å². The lowest BCUT2D eigenvalue weighted by molar-refractivity contribution is -0.120. The lowest BCUT2D eigenvalue weighted by Crippen LogP contribution is -2.44. The highest BCUT2D eigenvalue weighted by atomic mass is 32.1. The molecule has 1 aliphatic rings. The highest BCUT2D eigenvalue weighted by molar-refractivity contribution is 7.80.